The molecule has 0 spiro atoms. The molecule has 0 bridgehead atoms. The topological polar surface area (TPSA) is 60.4 Å². The van der Waals surface area contributed by atoms with Crippen molar-refractivity contribution in [2.45, 2.75) is 0 Å². The van der Waals surface area contributed by atoms with Gasteiger partial charge < -0.3 is 9.11 Å². The van der Waals surface area contributed by atoms with Crippen LogP contribution >= 0.6 is 0 Å². The number of hydrogen-bond acceptors (Lipinski definition) is 2. The first-order valence-corrected chi connectivity index (χ1v) is 1.55. The summed E-state index contributed by atoms with van der Waals surface area (Å²) in [6, 6.07) is 0. The molecule has 0 aliphatic heterocycles. The number of hydrogen-bond donors (Lipinski definition) is 1. The molecule has 0 saturated carbocycles. The zero-order valence-electron chi connectivity index (χ0n) is 2.67. The molecule has 0 rings (SSSR count). The van der Waals surface area contributed by atoms with Crippen molar-refractivity contribution in [3.8, 4) is 0 Å². The second-order valence-electron chi connectivity index (χ2n) is 0.217. The number of rotatable bonds is 0. The molecular formula is H2KNaO3S. The van der Waals surface area contributed by atoms with Crippen molar-refractivity contribution in [3.63, 3.8) is 0 Å². The van der Waals surface area contributed by atoms with Crippen LogP contribution in [-0.2, 0) is 11.4 Å². The van der Waals surface area contributed by atoms with E-state index in [-0.39, 0.29) is 80.9 Å². The molecule has 6 heteroatoms. The van der Waals surface area contributed by atoms with Gasteiger partial charge in [-0.2, -0.15) is 0 Å². The van der Waals surface area contributed by atoms with E-state index in [9.17, 15) is 0 Å². The van der Waals surface area contributed by atoms with Crippen LogP contribution in [0.4, 0.5) is 0 Å². The summed E-state index contributed by atoms with van der Waals surface area (Å²) in [6.45, 7) is 0. The van der Waals surface area contributed by atoms with E-state index in [1.165, 1.54) is 0 Å². The summed E-state index contributed by atoms with van der Waals surface area (Å²) in [5.41, 5.74) is 0. The minimum absolute atomic E-state index is 0. The molecule has 0 aromatic rings. The van der Waals surface area contributed by atoms with Gasteiger partial charge in [-0.15, -0.1) is 0 Å². The predicted octanol–water partition coefficient (Wildman–Crippen LogP) is -4.31. The monoisotopic (exact) mass is 144 g/mol. The Morgan fingerprint density at radius 1 is 1.67 bits per heavy atom. The fourth-order valence-electron chi connectivity index (χ4n) is 0. The van der Waals surface area contributed by atoms with Gasteiger partial charge in [0.25, 0.3) is 0 Å². The van der Waals surface area contributed by atoms with Gasteiger partial charge in [-0.05, 0) is 0 Å². The van der Waals surface area contributed by atoms with Crippen LogP contribution in [0.2, 0.25) is 0 Å². The molecule has 0 aliphatic rings. The Kier molecular flexibility index (Phi) is 28.2. The molecule has 0 fully saturated rings. The molecule has 0 aromatic heterocycles. The Balaban J connectivity index is -0.0000000450. The van der Waals surface area contributed by atoms with E-state index in [2.05, 4.69) is 0 Å². The molecule has 0 radical (unpaired) electrons. The Morgan fingerprint density at radius 3 is 1.67 bits per heavy atom. The third-order valence-electron chi connectivity index (χ3n) is 0. The van der Waals surface area contributed by atoms with Gasteiger partial charge in [0, 0.05) is 0 Å². The molecule has 0 heterocycles. The van der Waals surface area contributed by atoms with Gasteiger partial charge in [-0.3, -0.25) is 0 Å². The van der Waals surface area contributed by atoms with Gasteiger partial charge in [0.05, 0.1) is 11.4 Å². The minimum atomic E-state index is -2.86. The first kappa shape index (κ1) is 15.9. The summed E-state index contributed by atoms with van der Waals surface area (Å²) >= 11 is -2.86. The van der Waals surface area contributed by atoms with Crippen molar-refractivity contribution >= 4 is 40.9 Å². The Bertz CT molecular complexity index is 33.8. The SMILES string of the molecule is O=S([O-])O.[K+].[NaH]. The van der Waals surface area contributed by atoms with E-state index < -0.39 is 11.4 Å². The standard InChI is InChI=1S/K.Na.H2O3S.H/c;;1-4(2)3;/h;;(H2,1,2,3);/q+1;;;/p-1. The van der Waals surface area contributed by atoms with Gasteiger partial charge in [0.2, 0.25) is 0 Å². The summed E-state index contributed by atoms with van der Waals surface area (Å²) in [7, 11) is 0. The summed E-state index contributed by atoms with van der Waals surface area (Å²) in [4.78, 5) is 0. The first-order chi connectivity index (χ1) is 1.73. The van der Waals surface area contributed by atoms with Crippen LogP contribution in [0.5, 0.6) is 0 Å². The Hall–Kier alpha value is 2.71. The van der Waals surface area contributed by atoms with E-state index in [1.54, 1.807) is 0 Å². The van der Waals surface area contributed by atoms with Gasteiger partial charge >= 0.3 is 80.9 Å². The molecule has 0 saturated heterocycles. The van der Waals surface area contributed by atoms with Gasteiger partial charge in [-0.25, -0.2) is 4.21 Å². The first-order valence-electron chi connectivity index (χ1n) is 0.516. The summed E-state index contributed by atoms with van der Waals surface area (Å²) in [5.74, 6) is 0. The predicted molar refractivity (Wildman–Crippen MR) is 18.7 cm³/mol. The van der Waals surface area contributed by atoms with E-state index in [4.69, 9.17) is 13.3 Å². The fourth-order valence-corrected chi connectivity index (χ4v) is 0. The van der Waals surface area contributed by atoms with Crippen LogP contribution in [0.15, 0.2) is 0 Å². The van der Waals surface area contributed by atoms with Crippen LogP contribution < -0.4 is 51.4 Å². The molecule has 0 aromatic carbocycles. The van der Waals surface area contributed by atoms with Crippen molar-refractivity contribution in [1.29, 1.82) is 0 Å². The summed E-state index contributed by atoms with van der Waals surface area (Å²) in [5, 5.41) is 0. The molecule has 0 aliphatic carbocycles. The molecule has 1 unspecified atom stereocenters. The van der Waals surface area contributed by atoms with Gasteiger partial charge in [0.15, 0.2) is 0 Å². The fraction of sp³-hybridized carbons (Fsp3) is 0. The summed E-state index contributed by atoms with van der Waals surface area (Å²) < 4.78 is 24.1. The van der Waals surface area contributed by atoms with Crippen LogP contribution in [-0.4, -0.2) is 42.9 Å². The van der Waals surface area contributed by atoms with E-state index >= 15 is 0 Å². The quantitative estimate of drug-likeness (QED) is 0.276. The van der Waals surface area contributed by atoms with Crippen molar-refractivity contribution < 1.29 is 64.7 Å². The van der Waals surface area contributed by atoms with Crippen LogP contribution in [0.3, 0.4) is 0 Å². The maximum absolute atomic E-state index is 8.56. The zero-order chi connectivity index (χ0) is 3.58. The van der Waals surface area contributed by atoms with Crippen molar-refractivity contribution in [1.82, 2.24) is 0 Å². The van der Waals surface area contributed by atoms with Gasteiger partial charge in [0.1, 0.15) is 0 Å². The second-order valence-corrected chi connectivity index (χ2v) is 0.651. The van der Waals surface area contributed by atoms with Crippen LogP contribution in [0, 0.1) is 0 Å². The Labute approximate surface area is 103 Å². The Morgan fingerprint density at radius 2 is 1.67 bits per heavy atom. The molecule has 28 valence electrons. The molecule has 0 amide bonds. The molecular weight excluding hydrogens is 142 g/mol. The van der Waals surface area contributed by atoms with E-state index in [0.29, 0.717) is 0 Å². The van der Waals surface area contributed by atoms with Gasteiger partial charge in [-0.1, -0.05) is 0 Å². The maximum atomic E-state index is 8.56. The average Bonchev–Trinajstić information content (AvgIpc) is 0.811. The van der Waals surface area contributed by atoms with Crippen molar-refractivity contribution in [3.05, 3.63) is 0 Å². The second kappa shape index (κ2) is 10.6. The third-order valence-corrected chi connectivity index (χ3v) is 0. The third kappa shape index (κ3) is 29.8. The molecule has 1 N–H and O–H groups in total. The molecule has 3 nitrogen and oxygen atoms in total. The molecule has 1 atom stereocenters. The molecule has 6 heavy (non-hydrogen) atoms. The van der Waals surface area contributed by atoms with E-state index in [1.807, 2.05) is 0 Å². The van der Waals surface area contributed by atoms with Crippen molar-refractivity contribution in [2.75, 3.05) is 0 Å². The zero-order valence-corrected chi connectivity index (χ0v) is 6.61. The van der Waals surface area contributed by atoms with Crippen LogP contribution in [0.1, 0.15) is 0 Å². The summed E-state index contributed by atoms with van der Waals surface area (Å²) in [6.07, 6.45) is 0. The van der Waals surface area contributed by atoms with E-state index in [0.717, 1.165) is 0 Å². The van der Waals surface area contributed by atoms with Crippen molar-refractivity contribution in [2.24, 2.45) is 0 Å². The van der Waals surface area contributed by atoms with Crippen LogP contribution in [0.25, 0.3) is 0 Å². The average molecular weight is 144 g/mol. The normalized spacial score (nSPS) is 10.3.